The van der Waals surface area contributed by atoms with Crippen LogP contribution in [0.25, 0.3) is 0 Å². The number of aromatic nitrogens is 3. The van der Waals surface area contributed by atoms with E-state index in [9.17, 15) is 19.7 Å². The minimum Gasteiger partial charge on any atom is -0.342 e. The number of carbonyl (C=O) groups is 2. The molecule has 0 saturated heterocycles. The number of rotatable bonds is 9. The topological polar surface area (TPSA) is 132 Å². The van der Waals surface area contributed by atoms with Crippen LogP contribution in [0.15, 0.2) is 47.6 Å². The van der Waals surface area contributed by atoms with Gasteiger partial charge >= 0.3 is 0 Å². The first-order valence-corrected chi connectivity index (χ1v) is 12.1. The Bertz CT molecular complexity index is 1260. The first-order valence-electron chi connectivity index (χ1n) is 10.7. The molecular formula is C23H25ClN6O4S. The van der Waals surface area contributed by atoms with Crippen molar-refractivity contribution in [2.45, 2.75) is 32.0 Å². The van der Waals surface area contributed by atoms with Crippen molar-refractivity contribution in [2.24, 2.45) is 13.0 Å². The number of halogens is 1. The number of nitro benzene ring substituents is 1. The summed E-state index contributed by atoms with van der Waals surface area (Å²) in [6, 6.07) is 10.3. The van der Waals surface area contributed by atoms with Crippen LogP contribution >= 0.6 is 23.4 Å². The molecule has 35 heavy (non-hydrogen) atoms. The van der Waals surface area contributed by atoms with Crippen LogP contribution < -0.4 is 10.6 Å². The van der Waals surface area contributed by atoms with E-state index in [1.165, 1.54) is 36.0 Å². The highest BCUT2D eigenvalue weighted by molar-refractivity contribution is 7.99. The molecule has 10 nitrogen and oxygen atoms in total. The number of amides is 2. The smallest absolute Gasteiger partial charge is 0.270 e. The maximum Gasteiger partial charge on any atom is 0.270 e. The summed E-state index contributed by atoms with van der Waals surface area (Å²) in [5.74, 6) is -0.0862. The van der Waals surface area contributed by atoms with Crippen molar-refractivity contribution in [3.8, 4) is 0 Å². The molecule has 2 N–H and O–H groups in total. The number of benzene rings is 2. The zero-order valence-electron chi connectivity index (χ0n) is 19.6. The number of non-ortho nitro benzene ring substituents is 1. The van der Waals surface area contributed by atoms with Gasteiger partial charge in [0.25, 0.3) is 11.6 Å². The molecule has 0 radical (unpaired) electrons. The molecule has 0 aliphatic heterocycles. The number of thioether (sulfide) groups is 1. The number of hydrogen-bond donors (Lipinski definition) is 2. The average Bonchev–Trinajstić information content (AvgIpc) is 3.17. The lowest BCUT2D eigenvalue weighted by Gasteiger charge is -2.21. The van der Waals surface area contributed by atoms with E-state index < -0.39 is 16.9 Å². The quantitative estimate of drug-likeness (QED) is 0.242. The highest BCUT2D eigenvalue weighted by Gasteiger charge is 2.26. The van der Waals surface area contributed by atoms with Crippen molar-refractivity contribution in [1.29, 1.82) is 0 Å². The third-order valence-electron chi connectivity index (χ3n) is 5.21. The van der Waals surface area contributed by atoms with E-state index in [0.717, 1.165) is 5.56 Å². The molecule has 0 spiro atoms. The number of hydrogen-bond acceptors (Lipinski definition) is 7. The van der Waals surface area contributed by atoms with E-state index >= 15 is 0 Å². The molecule has 3 rings (SSSR count). The van der Waals surface area contributed by atoms with Crippen LogP contribution in [0.1, 0.15) is 41.6 Å². The molecule has 184 valence electrons. The predicted octanol–water partition coefficient (Wildman–Crippen LogP) is 4.54. The summed E-state index contributed by atoms with van der Waals surface area (Å²) in [6.07, 6.45) is 0. The Morgan fingerprint density at radius 2 is 1.94 bits per heavy atom. The van der Waals surface area contributed by atoms with Crippen LogP contribution in [0.2, 0.25) is 5.02 Å². The SMILES string of the molecule is Cc1cc(Cl)ccc1NC(=O)CSc1nnc([C@@H](NC(=O)c2cccc([N+](=O)[O-])c2)C(C)C)n1C. The third kappa shape index (κ3) is 6.58. The molecule has 0 bridgehead atoms. The van der Waals surface area contributed by atoms with Crippen molar-refractivity contribution in [3.63, 3.8) is 0 Å². The monoisotopic (exact) mass is 516 g/mol. The summed E-state index contributed by atoms with van der Waals surface area (Å²) in [7, 11) is 1.76. The molecular weight excluding hydrogens is 492 g/mol. The lowest BCUT2D eigenvalue weighted by atomic mass is 10.0. The van der Waals surface area contributed by atoms with Gasteiger partial charge in [0.2, 0.25) is 5.91 Å². The number of anilines is 1. The summed E-state index contributed by atoms with van der Waals surface area (Å²) >= 11 is 7.18. The van der Waals surface area contributed by atoms with E-state index in [1.54, 1.807) is 29.8 Å². The van der Waals surface area contributed by atoms with Crippen molar-refractivity contribution < 1.29 is 14.5 Å². The van der Waals surface area contributed by atoms with Crippen molar-refractivity contribution in [3.05, 3.63) is 74.6 Å². The Hall–Kier alpha value is -3.44. The lowest BCUT2D eigenvalue weighted by molar-refractivity contribution is -0.384. The number of nitrogens with one attached hydrogen (secondary N) is 2. The molecule has 0 saturated carbocycles. The molecule has 0 fully saturated rings. The van der Waals surface area contributed by atoms with Gasteiger partial charge in [-0.15, -0.1) is 10.2 Å². The minimum atomic E-state index is -0.548. The molecule has 1 heterocycles. The van der Waals surface area contributed by atoms with Crippen LogP contribution in [0.4, 0.5) is 11.4 Å². The maximum atomic E-state index is 12.8. The molecule has 2 aromatic carbocycles. The zero-order chi connectivity index (χ0) is 25.7. The summed E-state index contributed by atoms with van der Waals surface area (Å²) in [6.45, 7) is 5.70. The summed E-state index contributed by atoms with van der Waals surface area (Å²) < 4.78 is 1.73. The van der Waals surface area contributed by atoms with Crippen molar-refractivity contribution >= 4 is 46.6 Å². The number of carbonyl (C=O) groups excluding carboxylic acids is 2. The van der Waals surface area contributed by atoms with Gasteiger partial charge in [0, 0.05) is 35.5 Å². The van der Waals surface area contributed by atoms with E-state index in [-0.39, 0.29) is 28.8 Å². The Morgan fingerprint density at radius 3 is 2.60 bits per heavy atom. The number of aryl methyl sites for hydroxylation is 1. The summed E-state index contributed by atoms with van der Waals surface area (Å²) in [4.78, 5) is 35.7. The highest BCUT2D eigenvalue weighted by atomic mass is 35.5. The normalized spacial score (nSPS) is 11.8. The Morgan fingerprint density at radius 1 is 1.20 bits per heavy atom. The molecule has 2 amide bonds. The number of nitro groups is 1. The molecule has 3 aromatic rings. The van der Waals surface area contributed by atoms with E-state index in [0.29, 0.717) is 21.7 Å². The van der Waals surface area contributed by atoms with Crippen LogP contribution in [0, 0.1) is 23.0 Å². The zero-order valence-corrected chi connectivity index (χ0v) is 21.2. The Labute approximate surface area is 211 Å². The fraction of sp³-hybridized carbons (Fsp3) is 0.304. The molecule has 0 aliphatic carbocycles. The van der Waals surface area contributed by atoms with E-state index in [4.69, 9.17) is 11.6 Å². The van der Waals surface area contributed by atoms with Gasteiger partial charge in [0.1, 0.15) is 0 Å². The third-order valence-corrected chi connectivity index (χ3v) is 6.47. The van der Waals surface area contributed by atoms with Gasteiger partial charge < -0.3 is 15.2 Å². The first-order chi connectivity index (χ1) is 16.6. The maximum absolute atomic E-state index is 12.8. The fourth-order valence-electron chi connectivity index (χ4n) is 3.32. The van der Waals surface area contributed by atoms with E-state index in [2.05, 4.69) is 20.8 Å². The highest BCUT2D eigenvalue weighted by Crippen LogP contribution is 2.25. The van der Waals surface area contributed by atoms with Gasteiger partial charge in [-0.05, 0) is 42.7 Å². The largest absolute Gasteiger partial charge is 0.342 e. The van der Waals surface area contributed by atoms with Gasteiger partial charge in [0.15, 0.2) is 11.0 Å². The fourth-order valence-corrected chi connectivity index (χ4v) is 4.27. The Kier molecular flexibility index (Phi) is 8.47. The molecule has 0 unspecified atom stereocenters. The van der Waals surface area contributed by atoms with Crippen LogP contribution in [0.3, 0.4) is 0 Å². The predicted molar refractivity (Wildman–Crippen MR) is 135 cm³/mol. The van der Waals surface area contributed by atoms with Gasteiger partial charge in [-0.1, -0.05) is 43.3 Å². The Balaban J connectivity index is 1.69. The van der Waals surface area contributed by atoms with Crippen LogP contribution in [0.5, 0.6) is 0 Å². The first kappa shape index (κ1) is 26.2. The van der Waals surface area contributed by atoms with Gasteiger partial charge in [0.05, 0.1) is 16.7 Å². The average molecular weight is 517 g/mol. The molecule has 12 heteroatoms. The van der Waals surface area contributed by atoms with Gasteiger partial charge in [-0.2, -0.15) is 0 Å². The number of nitrogens with zero attached hydrogens (tertiary/aromatic N) is 4. The van der Waals surface area contributed by atoms with Gasteiger partial charge in [-0.25, -0.2) is 0 Å². The standard InChI is InChI=1S/C23H25ClN6O4S/c1-13(2)20(26-22(32)15-6-5-7-17(11-15)30(33)34)21-27-28-23(29(21)4)35-12-19(31)25-18-9-8-16(24)10-14(18)3/h5-11,13,20H,12H2,1-4H3,(H,25,31)(H,26,32)/t20-/m0/s1. The second-order valence-electron chi connectivity index (χ2n) is 8.20. The minimum absolute atomic E-state index is 0.0467. The van der Waals surface area contributed by atoms with Crippen molar-refractivity contribution in [1.82, 2.24) is 20.1 Å². The van der Waals surface area contributed by atoms with E-state index in [1.807, 2.05) is 20.8 Å². The molecule has 1 atom stereocenters. The van der Waals surface area contributed by atoms with Crippen LogP contribution in [-0.2, 0) is 11.8 Å². The molecule has 1 aromatic heterocycles. The summed E-state index contributed by atoms with van der Waals surface area (Å²) in [5, 5.41) is 26.3. The van der Waals surface area contributed by atoms with Gasteiger partial charge in [-0.3, -0.25) is 19.7 Å². The van der Waals surface area contributed by atoms with Crippen LogP contribution in [-0.4, -0.2) is 37.3 Å². The molecule has 0 aliphatic rings. The second-order valence-corrected chi connectivity index (χ2v) is 9.58. The van der Waals surface area contributed by atoms with Crippen molar-refractivity contribution in [2.75, 3.05) is 11.1 Å². The lowest BCUT2D eigenvalue weighted by Crippen LogP contribution is -2.33. The second kappa shape index (κ2) is 11.3. The summed E-state index contributed by atoms with van der Waals surface area (Å²) in [5.41, 5.74) is 1.55.